The highest BCUT2D eigenvalue weighted by Crippen LogP contribution is 2.39. The molecule has 1 aliphatic rings. The first-order chi connectivity index (χ1) is 8.81. The first-order valence-corrected chi connectivity index (χ1v) is 7.51. The zero-order chi connectivity index (χ0) is 12.8. The van der Waals surface area contributed by atoms with Gasteiger partial charge < -0.3 is 4.74 Å². The summed E-state index contributed by atoms with van der Waals surface area (Å²) in [6, 6.07) is 10.9. The molecule has 0 aliphatic heterocycles. The van der Waals surface area contributed by atoms with Gasteiger partial charge in [0.2, 0.25) is 0 Å². The van der Waals surface area contributed by atoms with E-state index in [-0.39, 0.29) is 0 Å². The highest BCUT2D eigenvalue weighted by Gasteiger charge is 2.29. The molecule has 3 atom stereocenters. The minimum Gasteiger partial charge on any atom is -0.382 e. The van der Waals surface area contributed by atoms with Gasteiger partial charge in [-0.15, -0.1) is 11.6 Å². The second kappa shape index (κ2) is 7.16. The van der Waals surface area contributed by atoms with Crippen LogP contribution in [-0.4, -0.2) is 18.6 Å². The summed E-state index contributed by atoms with van der Waals surface area (Å²) in [5, 5.41) is 0.338. The van der Waals surface area contributed by atoms with Crippen molar-refractivity contribution in [1.29, 1.82) is 0 Å². The monoisotopic (exact) mass is 266 g/mol. The number of benzene rings is 1. The summed E-state index contributed by atoms with van der Waals surface area (Å²) in [4.78, 5) is 0. The topological polar surface area (TPSA) is 9.23 Å². The van der Waals surface area contributed by atoms with Crippen LogP contribution >= 0.6 is 11.6 Å². The minimum absolute atomic E-state index is 0.338. The lowest BCUT2D eigenvalue weighted by Gasteiger charge is -2.33. The molecule has 1 nitrogen and oxygen atoms in total. The molecule has 3 unspecified atom stereocenters. The predicted molar refractivity (Wildman–Crippen MR) is 77.3 cm³/mol. The molecule has 1 aromatic carbocycles. The number of alkyl halides is 1. The molecule has 0 radical (unpaired) electrons. The maximum atomic E-state index is 6.46. The van der Waals surface area contributed by atoms with Gasteiger partial charge >= 0.3 is 0 Å². The van der Waals surface area contributed by atoms with Gasteiger partial charge in [0, 0.05) is 18.6 Å². The van der Waals surface area contributed by atoms with E-state index < -0.39 is 0 Å². The Morgan fingerprint density at radius 1 is 1.22 bits per heavy atom. The van der Waals surface area contributed by atoms with E-state index >= 15 is 0 Å². The molecular weight excluding hydrogens is 244 g/mol. The minimum atomic E-state index is 0.338. The van der Waals surface area contributed by atoms with Gasteiger partial charge in [-0.3, -0.25) is 0 Å². The van der Waals surface area contributed by atoms with Crippen LogP contribution in [0.2, 0.25) is 0 Å². The number of rotatable bonds is 5. The standard InChI is InChI=1S/C16H23ClO/c1-2-18-11-10-15-12-14(8-9-16(15)17)13-6-4-3-5-7-13/h3-7,14-16H,2,8-12H2,1H3. The molecule has 1 aliphatic carbocycles. The molecule has 2 rings (SSSR count). The fraction of sp³-hybridized carbons (Fsp3) is 0.625. The second-order valence-corrected chi connectivity index (χ2v) is 5.74. The van der Waals surface area contributed by atoms with Gasteiger partial charge in [-0.05, 0) is 50.0 Å². The lowest BCUT2D eigenvalue weighted by atomic mass is 9.76. The van der Waals surface area contributed by atoms with E-state index in [1.165, 1.54) is 18.4 Å². The van der Waals surface area contributed by atoms with Crippen LogP contribution < -0.4 is 0 Å². The normalized spacial score (nSPS) is 28.2. The molecule has 0 N–H and O–H groups in total. The van der Waals surface area contributed by atoms with Crippen molar-refractivity contribution in [2.75, 3.05) is 13.2 Å². The van der Waals surface area contributed by atoms with Crippen LogP contribution in [0, 0.1) is 5.92 Å². The van der Waals surface area contributed by atoms with Crippen LogP contribution in [-0.2, 0) is 4.74 Å². The van der Waals surface area contributed by atoms with Crippen molar-refractivity contribution in [2.45, 2.75) is 43.9 Å². The summed E-state index contributed by atoms with van der Waals surface area (Å²) < 4.78 is 5.47. The Kier molecular flexibility index (Phi) is 5.52. The fourth-order valence-electron chi connectivity index (χ4n) is 2.93. The van der Waals surface area contributed by atoms with Crippen LogP contribution in [0.5, 0.6) is 0 Å². The van der Waals surface area contributed by atoms with Crippen molar-refractivity contribution in [3.05, 3.63) is 35.9 Å². The van der Waals surface area contributed by atoms with Gasteiger partial charge in [0.05, 0.1) is 0 Å². The number of hydrogen-bond acceptors (Lipinski definition) is 1. The molecule has 18 heavy (non-hydrogen) atoms. The highest BCUT2D eigenvalue weighted by atomic mass is 35.5. The maximum Gasteiger partial charge on any atom is 0.0469 e. The van der Waals surface area contributed by atoms with E-state index in [9.17, 15) is 0 Å². The SMILES string of the molecule is CCOCCC1CC(c2ccccc2)CCC1Cl. The quantitative estimate of drug-likeness (QED) is 0.559. The van der Waals surface area contributed by atoms with Crippen LogP contribution in [0.25, 0.3) is 0 Å². The Labute approximate surface area is 115 Å². The van der Waals surface area contributed by atoms with Gasteiger partial charge in [-0.2, -0.15) is 0 Å². The van der Waals surface area contributed by atoms with Gasteiger partial charge in [-0.1, -0.05) is 30.3 Å². The van der Waals surface area contributed by atoms with Gasteiger partial charge in [0.15, 0.2) is 0 Å². The summed E-state index contributed by atoms with van der Waals surface area (Å²) in [5.74, 6) is 1.30. The molecule has 100 valence electrons. The third-order valence-electron chi connectivity index (χ3n) is 4.00. The molecule has 1 fully saturated rings. The molecule has 0 bridgehead atoms. The summed E-state index contributed by atoms with van der Waals surface area (Å²) in [6.45, 7) is 3.71. The first kappa shape index (κ1) is 13.9. The van der Waals surface area contributed by atoms with Crippen molar-refractivity contribution >= 4 is 11.6 Å². The van der Waals surface area contributed by atoms with E-state index in [1.54, 1.807) is 0 Å². The van der Waals surface area contributed by atoms with Crippen molar-refractivity contribution in [3.63, 3.8) is 0 Å². The second-order valence-electron chi connectivity index (χ2n) is 5.18. The van der Waals surface area contributed by atoms with Crippen molar-refractivity contribution in [2.24, 2.45) is 5.92 Å². The van der Waals surface area contributed by atoms with Gasteiger partial charge in [-0.25, -0.2) is 0 Å². The molecule has 2 heteroatoms. The Balaban J connectivity index is 1.91. The van der Waals surface area contributed by atoms with E-state index in [4.69, 9.17) is 16.3 Å². The molecule has 0 amide bonds. The van der Waals surface area contributed by atoms with Crippen molar-refractivity contribution < 1.29 is 4.74 Å². The van der Waals surface area contributed by atoms with Crippen LogP contribution in [0.4, 0.5) is 0 Å². The fourth-order valence-corrected chi connectivity index (χ4v) is 3.29. The van der Waals surface area contributed by atoms with E-state index in [1.807, 2.05) is 6.92 Å². The Morgan fingerprint density at radius 2 is 2.00 bits per heavy atom. The third kappa shape index (κ3) is 3.73. The Hall–Kier alpha value is -0.530. The number of halogens is 1. The lowest BCUT2D eigenvalue weighted by Crippen LogP contribution is -2.25. The van der Waals surface area contributed by atoms with E-state index in [2.05, 4.69) is 30.3 Å². The maximum absolute atomic E-state index is 6.46. The third-order valence-corrected chi connectivity index (χ3v) is 4.57. The molecule has 0 spiro atoms. The lowest BCUT2D eigenvalue weighted by molar-refractivity contribution is 0.123. The molecule has 1 aromatic rings. The summed E-state index contributed by atoms with van der Waals surface area (Å²) in [5.41, 5.74) is 1.47. The summed E-state index contributed by atoms with van der Waals surface area (Å²) in [7, 11) is 0. The molecule has 0 heterocycles. The van der Waals surface area contributed by atoms with Gasteiger partial charge in [0.25, 0.3) is 0 Å². The van der Waals surface area contributed by atoms with Crippen LogP contribution in [0.3, 0.4) is 0 Å². The van der Waals surface area contributed by atoms with E-state index in [0.717, 1.165) is 26.1 Å². The molecule has 1 saturated carbocycles. The molecule has 0 aromatic heterocycles. The molecular formula is C16H23ClO. The smallest absolute Gasteiger partial charge is 0.0469 e. The Morgan fingerprint density at radius 3 is 2.72 bits per heavy atom. The number of ether oxygens (including phenoxy) is 1. The Bertz CT molecular complexity index is 338. The zero-order valence-corrected chi connectivity index (χ0v) is 11.9. The highest BCUT2D eigenvalue weighted by molar-refractivity contribution is 6.20. The average molecular weight is 267 g/mol. The van der Waals surface area contributed by atoms with E-state index in [0.29, 0.717) is 17.2 Å². The summed E-state index contributed by atoms with van der Waals surface area (Å²) >= 11 is 6.46. The molecule has 0 saturated heterocycles. The van der Waals surface area contributed by atoms with Crippen LogP contribution in [0.1, 0.15) is 44.1 Å². The average Bonchev–Trinajstić information content (AvgIpc) is 2.42. The number of hydrogen-bond donors (Lipinski definition) is 0. The largest absolute Gasteiger partial charge is 0.382 e. The zero-order valence-electron chi connectivity index (χ0n) is 11.1. The first-order valence-electron chi connectivity index (χ1n) is 7.08. The predicted octanol–water partition coefficient (Wildman–Crippen LogP) is 4.60. The van der Waals surface area contributed by atoms with Crippen molar-refractivity contribution in [3.8, 4) is 0 Å². The summed E-state index contributed by atoms with van der Waals surface area (Å²) in [6.07, 6.45) is 4.68. The van der Waals surface area contributed by atoms with Crippen molar-refractivity contribution in [1.82, 2.24) is 0 Å². The van der Waals surface area contributed by atoms with Crippen LogP contribution in [0.15, 0.2) is 30.3 Å². The van der Waals surface area contributed by atoms with Gasteiger partial charge in [0.1, 0.15) is 0 Å².